The van der Waals surface area contributed by atoms with Crippen LogP contribution in [0.3, 0.4) is 0 Å². The van der Waals surface area contributed by atoms with E-state index in [9.17, 15) is 0 Å². The van der Waals surface area contributed by atoms with Crippen molar-refractivity contribution >= 4 is 40.8 Å². The molecular weight excluding hydrogens is 253 g/mol. The third-order valence-corrected chi connectivity index (χ3v) is 0. The van der Waals surface area contributed by atoms with Crippen LogP contribution < -0.4 is 37.7 Å². The molecule has 14 valence electrons. The molecule has 0 aromatic carbocycles. The Morgan fingerprint density at radius 1 is 0.750 bits per heavy atom. The molecule has 0 nitrogen and oxygen atoms in total. The smallest absolute Gasteiger partial charge is 2.00 e. The maximum atomic E-state index is 0. The van der Waals surface area contributed by atoms with Crippen molar-refractivity contribution in [3.05, 3.63) is 0 Å². The summed E-state index contributed by atoms with van der Waals surface area (Å²) in [7, 11) is 0. The van der Waals surface area contributed by atoms with Crippen LogP contribution in [0.25, 0.3) is 0 Å². The first kappa shape index (κ1) is 31.8. The Bertz CT molecular complexity index is 6.00. The Balaban J connectivity index is 0. The average molecular weight is 255 g/mol. The molecule has 0 heterocycles. The van der Waals surface area contributed by atoms with Gasteiger partial charge in [-0.2, -0.15) is 0 Å². The fourth-order valence-electron chi connectivity index (χ4n) is 0. The molecule has 0 aromatic heterocycles. The van der Waals surface area contributed by atoms with Crippen molar-refractivity contribution in [3.63, 3.8) is 0 Å². The van der Waals surface area contributed by atoms with E-state index in [2.05, 4.69) is 0 Å². The summed E-state index contributed by atoms with van der Waals surface area (Å²) >= 11 is 0. The first-order chi connectivity index (χ1) is 0. The first-order valence-corrected chi connectivity index (χ1v) is 0. The molecule has 0 saturated carbocycles. The van der Waals surface area contributed by atoms with E-state index in [4.69, 9.17) is 0 Å². The molecular formula is H2Li2PbS. The Morgan fingerprint density at radius 3 is 0.750 bits per heavy atom. The van der Waals surface area contributed by atoms with Crippen LogP contribution in [0.2, 0.25) is 0 Å². The SMILES string of the molecule is [Li+].[Li+].[PbH2].[S-2]. The molecule has 4 heavy (non-hydrogen) atoms. The Morgan fingerprint density at radius 2 is 0.750 bits per heavy atom. The molecule has 0 saturated heterocycles. The largest absolute Gasteiger partial charge is 2.00 e. The topological polar surface area (TPSA) is 0 Å². The van der Waals surface area contributed by atoms with E-state index in [0.717, 1.165) is 0 Å². The van der Waals surface area contributed by atoms with Gasteiger partial charge in [0.05, 0.1) is 0 Å². The van der Waals surface area contributed by atoms with E-state index in [1.807, 2.05) is 0 Å². The zero-order chi connectivity index (χ0) is 0. The summed E-state index contributed by atoms with van der Waals surface area (Å²) < 4.78 is 0. The van der Waals surface area contributed by atoms with Crippen molar-refractivity contribution < 1.29 is 37.7 Å². The normalized spacial score (nSPS) is 0. The summed E-state index contributed by atoms with van der Waals surface area (Å²) in [6.07, 6.45) is 0. The molecule has 0 bridgehead atoms. The second-order valence-corrected chi connectivity index (χ2v) is 0. The minimum atomic E-state index is 0. The summed E-state index contributed by atoms with van der Waals surface area (Å²) in [5.74, 6) is 0. The van der Waals surface area contributed by atoms with Crippen LogP contribution in [-0.4, -0.2) is 27.3 Å². The van der Waals surface area contributed by atoms with Crippen molar-refractivity contribution in [2.75, 3.05) is 0 Å². The van der Waals surface area contributed by atoms with E-state index < -0.39 is 0 Å². The molecule has 0 atom stereocenters. The van der Waals surface area contributed by atoms with Gasteiger partial charge >= 0.3 is 65.0 Å². The fraction of sp³-hybridized carbons (Fsp3) is 0. The summed E-state index contributed by atoms with van der Waals surface area (Å²) in [6, 6.07) is 0. The standard InChI is InChI=1S/2Li.Pb.S.2H/q2*+1;;-2;;. The fourth-order valence-corrected chi connectivity index (χ4v) is 0. The van der Waals surface area contributed by atoms with Crippen LogP contribution in [0.15, 0.2) is 0 Å². The zero-order valence-electron chi connectivity index (χ0n) is 3.12. The second kappa shape index (κ2) is 17.9. The molecule has 0 fully saturated rings. The molecule has 0 amide bonds. The molecule has 0 spiro atoms. The van der Waals surface area contributed by atoms with Crippen molar-refractivity contribution in [2.24, 2.45) is 0 Å². The molecule has 0 aliphatic carbocycles. The quantitative estimate of drug-likeness (QED) is 0.377. The summed E-state index contributed by atoms with van der Waals surface area (Å²) in [6.45, 7) is 0. The van der Waals surface area contributed by atoms with Gasteiger partial charge in [-0.3, -0.25) is 0 Å². The summed E-state index contributed by atoms with van der Waals surface area (Å²) in [5.41, 5.74) is 0. The van der Waals surface area contributed by atoms with Crippen LogP contribution in [-0.2, 0) is 13.5 Å². The van der Waals surface area contributed by atoms with E-state index in [0.29, 0.717) is 0 Å². The van der Waals surface area contributed by atoms with Crippen LogP contribution in [0.1, 0.15) is 0 Å². The van der Waals surface area contributed by atoms with Gasteiger partial charge in [0.2, 0.25) is 0 Å². The Kier molecular flexibility index (Phi) is 142. The Labute approximate surface area is 77.4 Å². The maximum absolute atomic E-state index is 0. The van der Waals surface area contributed by atoms with Crippen molar-refractivity contribution in [3.8, 4) is 0 Å². The first-order valence-electron chi connectivity index (χ1n) is 0. The summed E-state index contributed by atoms with van der Waals surface area (Å²) in [4.78, 5) is 0. The van der Waals surface area contributed by atoms with E-state index in [1.54, 1.807) is 0 Å². The van der Waals surface area contributed by atoms with Gasteiger partial charge in [-0.15, -0.1) is 0 Å². The third kappa shape index (κ3) is 8.82. The average Bonchev–Trinajstić information content (AvgIpc) is 0. The van der Waals surface area contributed by atoms with Gasteiger partial charge in [-0.05, 0) is 0 Å². The van der Waals surface area contributed by atoms with Gasteiger partial charge in [-0.25, -0.2) is 0 Å². The second-order valence-electron chi connectivity index (χ2n) is 0. The van der Waals surface area contributed by atoms with Gasteiger partial charge in [-0.1, -0.05) is 0 Å². The molecule has 0 N–H and O–H groups in total. The monoisotopic (exact) mass is 256 g/mol. The van der Waals surface area contributed by atoms with Gasteiger partial charge < -0.3 is 13.5 Å². The molecule has 0 unspecified atom stereocenters. The van der Waals surface area contributed by atoms with Gasteiger partial charge in [0, 0.05) is 0 Å². The maximum Gasteiger partial charge on any atom is -2.00 e. The molecule has 0 aliphatic rings. The molecule has 0 aliphatic heterocycles. The van der Waals surface area contributed by atoms with Gasteiger partial charge in [0.25, 0.3) is 0 Å². The van der Waals surface area contributed by atoms with Crippen LogP contribution in [0.5, 0.6) is 0 Å². The van der Waals surface area contributed by atoms with Crippen LogP contribution >= 0.6 is 0 Å². The third-order valence-electron chi connectivity index (χ3n) is 0. The number of rotatable bonds is 0. The molecule has 0 rings (SSSR count). The van der Waals surface area contributed by atoms with E-state index >= 15 is 0 Å². The van der Waals surface area contributed by atoms with Crippen molar-refractivity contribution in [2.45, 2.75) is 0 Å². The number of hydrogen-bond acceptors (Lipinski definition) is 0. The van der Waals surface area contributed by atoms with Crippen LogP contribution in [0.4, 0.5) is 0 Å². The van der Waals surface area contributed by atoms with Gasteiger partial charge in [0.1, 0.15) is 0 Å². The zero-order valence-corrected chi connectivity index (χ0v) is 9.43. The Hall–Kier alpha value is 2.47. The number of hydrogen-bond donors (Lipinski definition) is 0. The predicted octanol–water partition coefficient (Wildman–Crippen LogP) is -6.91. The molecule has 0 aromatic rings. The van der Waals surface area contributed by atoms with E-state index in [1.165, 1.54) is 0 Å². The minimum absolute atomic E-state index is 0. The van der Waals surface area contributed by atoms with Crippen molar-refractivity contribution in [1.29, 1.82) is 0 Å². The molecule has 2 radical (unpaired) electrons. The minimum Gasteiger partial charge on any atom is -2.00 e. The van der Waals surface area contributed by atoms with E-state index in [-0.39, 0.29) is 78.5 Å². The molecule has 4 heteroatoms. The summed E-state index contributed by atoms with van der Waals surface area (Å²) in [5, 5.41) is 0. The van der Waals surface area contributed by atoms with Crippen LogP contribution in [0, 0.1) is 0 Å². The van der Waals surface area contributed by atoms with Crippen molar-refractivity contribution in [1.82, 2.24) is 0 Å². The van der Waals surface area contributed by atoms with Gasteiger partial charge in [0.15, 0.2) is 0 Å². The predicted molar refractivity (Wildman–Crippen MR) is 15.9 cm³/mol.